The summed E-state index contributed by atoms with van der Waals surface area (Å²) in [6.07, 6.45) is -1.88. The molecule has 1 aromatic carbocycles. The normalized spacial score (nSPS) is 19.2. The predicted octanol–water partition coefficient (Wildman–Crippen LogP) is -1.16. The highest BCUT2D eigenvalue weighted by Gasteiger charge is 2.44. The Balaban J connectivity index is 1.73. The standard InChI is InChI=1S/C16H22N6O11S2/c1-10-6-12-14(8-13(10)34(17,28)29)35(30,31)19-16(18-12)2-4-20(5-3-16)15(23)7-11(33-22(26)27)9-32-21(24)25/h6,8,11,18-19H,2-5,7,9H2,1H3,(H2,17,28,29). The lowest BCUT2D eigenvalue weighted by Crippen LogP contribution is -2.62. The summed E-state index contributed by atoms with van der Waals surface area (Å²) < 4.78 is 51.9. The lowest BCUT2D eigenvalue weighted by Gasteiger charge is -2.45. The second-order valence-electron chi connectivity index (χ2n) is 8.03. The molecule has 3 rings (SSSR count). The number of rotatable bonds is 8. The van der Waals surface area contributed by atoms with Crippen molar-refractivity contribution >= 4 is 31.6 Å². The third-order valence-electron chi connectivity index (χ3n) is 5.55. The van der Waals surface area contributed by atoms with Gasteiger partial charge in [-0.15, -0.1) is 20.2 Å². The zero-order valence-corrected chi connectivity index (χ0v) is 19.8. The van der Waals surface area contributed by atoms with Crippen LogP contribution in [-0.2, 0) is 34.5 Å². The molecule has 2 aliphatic rings. The Morgan fingerprint density at radius 1 is 1.26 bits per heavy atom. The van der Waals surface area contributed by atoms with Crippen LogP contribution in [0.4, 0.5) is 5.69 Å². The summed E-state index contributed by atoms with van der Waals surface area (Å²) in [5, 5.41) is 26.8. The van der Waals surface area contributed by atoms with E-state index in [1.165, 1.54) is 17.9 Å². The smallest absolute Gasteiger partial charge is 0.294 e. The molecule has 2 aliphatic heterocycles. The van der Waals surface area contributed by atoms with E-state index < -0.39 is 60.9 Å². The molecular weight excluding hydrogens is 516 g/mol. The monoisotopic (exact) mass is 538 g/mol. The van der Waals surface area contributed by atoms with Crippen molar-refractivity contribution in [2.45, 2.75) is 47.7 Å². The fourth-order valence-corrected chi connectivity index (χ4v) is 6.39. The van der Waals surface area contributed by atoms with Crippen molar-refractivity contribution < 1.29 is 41.5 Å². The molecule has 1 spiro atoms. The molecule has 0 bridgehead atoms. The number of fused-ring (bicyclic) bond motifs is 1. The molecule has 0 aliphatic carbocycles. The first-order valence-corrected chi connectivity index (χ1v) is 13.0. The number of aryl methyl sites for hydroxylation is 1. The van der Waals surface area contributed by atoms with E-state index in [0.717, 1.165) is 6.07 Å². The second-order valence-corrected chi connectivity index (χ2v) is 11.2. The van der Waals surface area contributed by atoms with E-state index in [1.807, 2.05) is 0 Å². The first-order valence-electron chi connectivity index (χ1n) is 9.98. The summed E-state index contributed by atoms with van der Waals surface area (Å²) >= 11 is 0. The number of piperidine rings is 1. The molecule has 194 valence electrons. The van der Waals surface area contributed by atoms with Crippen LogP contribution in [0.2, 0.25) is 0 Å². The third kappa shape index (κ3) is 6.05. The molecule has 4 N–H and O–H groups in total. The van der Waals surface area contributed by atoms with E-state index in [0.29, 0.717) is 0 Å². The van der Waals surface area contributed by atoms with Crippen LogP contribution in [0.1, 0.15) is 24.8 Å². The summed E-state index contributed by atoms with van der Waals surface area (Å²) in [6.45, 7) is 0.726. The van der Waals surface area contributed by atoms with Crippen molar-refractivity contribution in [2.75, 3.05) is 25.0 Å². The quantitative estimate of drug-likeness (QED) is 0.262. The fourth-order valence-electron chi connectivity index (χ4n) is 3.97. The van der Waals surface area contributed by atoms with Gasteiger partial charge in [0.2, 0.25) is 26.0 Å². The summed E-state index contributed by atoms with van der Waals surface area (Å²) in [7, 11) is -8.30. The Hall–Kier alpha value is -3.29. The number of carbonyl (C=O) groups excluding carboxylic acids is 1. The number of hydrogen-bond donors (Lipinski definition) is 3. The van der Waals surface area contributed by atoms with Crippen molar-refractivity contribution in [2.24, 2.45) is 5.14 Å². The number of benzene rings is 1. The summed E-state index contributed by atoms with van der Waals surface area (Å²) in [5.74, 6) is -0.605. The average molecular weight is 539 g/mol. The van der Waals surface area contributed by atoms with E-state index in [9.17, 15) is 41.9 Å². The molecule has 1 saturated heterocycles. The van der Waals surface area contributed by atoms with Gasteiger partial charge in [-0.2, -0.15) is 4.72 Å². The number of nitrogens with two attached hydrogens (primary N) is 1. The lowest BCUT2D eigenvalue weighted by atomic mass is 9.96. The average Bonchev–Trinajstić information content (AvgIpc) is 2.70. The molecule has 0 aromatic heterocycles. The summed E-state index contributed by atoms with van der Waals surface area (Å²) in [5.41, 5.74) is -0.763. The molecule has 35 heavy (non-hydrogen) atoms. The molecular formula is C16H22N6O11S2. The van der Waals surface area contributed by atoms with Gasteiger partial charge in [-0.1, -0.05) is 0 Å². The van der Waals surface area contributed by atoms with Gasteiger partial charge in [-0.05, 0) is 24.6 Å². The van der Waals surface area contributed by atoms with E-state index in [4.69, 9.17) is 5.14 Å². The molecule has 2 heterocycles. The van der Waals surface area contributed by atoms with Crippen LogP contribution in [0.5, 0.6) is 0 Å². The molecule has 1 unspecified atom stereocenters. The minimum absolute atomic E-state index is 0.0409. The summed E-state index contributed by atoms with van der Waals surface area (Å²) in [4.78, 5) is 42.6. The van der Waals surface area contributed by atoms with Crippen LogP contribution in [0.15, 0.2) is 21.9 Å². The van der Waals surface area contributed by atoms with E-state index >= 15 is 0 Å². The zero-order chi connectivity index (χ0) is 26.2. The number of hydrogen-bond acceptors (Lipinski definition) is 12. The molecule has 0 radical (unpaired) electrons. The Bertz CT molecular complexity index is 1260. The maximum Gasteiger partial charge on any atom is 0.294 e. The van der Waals surface area contributed by atoms with Crippen molar-refractivity contribution in [1.82, 2.24) is 9.62 Å². The predicted molar refractivity (Wildman–Crippen MR) is 114 cm³/mol. The molecule has 1 aromatic rings. The zero-order valence-electron chi connectivity index (χ0n) is 18.2. The van der Waals surface area contributed by atoms with Gasteiger partial charge in [0.25, 0.3) is 10.2 Å². The van der Waals surface area contributed by atoms with Gasteiger partial charge in [0.05, 0.1) is 17.0 Å². The topological polar surface area (TPSA) is 243 Å². The van der Waals surface area contributed by atoms with E-state index in [1.54, 1.807) is 0 Å². The number of nitrogens with one attached hydrogen (secondary N) is 2. The van der Waals surface area contributed by atoms with E-state index in [-0.39, 0.29) is 47.0 Å². The molecule has 1 atom stereocenters. The van der Waals surface area contributed by atoms with Crippen molar-refractivity contribution in [3.8, 4) is 0 Å². The lowest BCUT2D eigenvalue weighted by molar-refractivity contribution is -0.789. The number of primary sulfonamides is 1. The van der Waals surface area contributed by atoms with Gasteiger partial charge in [-0.3, -0.25) is 4.79 Å². The Morgan fingerprint density at radius 2 is 1.89 bits per heavy atom. The van der Waals surface area contributed by atoms with Crippen LogP contribution in [0.3, 0.4) is 0 Å². The van der Waals surface area contributed by atoms with Gasteiger partial charge >= 0.3 is 0 Å². The largest absolute Gasteiger partial charge is 0.365 e. The van der Waals surface area contributed by atoms with E-state index in [2.05, 4.69) is 19.7 Å². The highest BCUT2D eigenvalue weighted by atomic mass is 32.2. The highest BCUT2D eigenvalue weighted by molar-refractivity contribution is 7.90. The fraction of sp³-hybridized carbons (Fsp3) is 0.562. The van der Waals surface area contributed by atoms with Crippen LogP contribution in [0, 0.1) is 27.2 Å². The molecule has 1 amide bonds. The maximum absolute atomic E-state index is 12.9. The van der Waals surface area contributed by atoms with Gasteiger partial charge in [0.1, 0.15) is 23.3 Å². The van der Waals surface area contributed by atoms with Crippen molar-refractivity contribution in [3.63, 3.8) is 0 Å². The van der Waals surface area contributed by atoms with Crippen LogP contribution in [-0.4, -0.2) is 69.3 Å². The minimum atomic E-state index is -4.16. The SMILES string of the molecule is Cc1cc2c(cc1S(N)(=O)=O)S(=O)(=O)NC1(CCN(C(=O)CC(CO[N+](=O)[O-])O[N+](=O)[O-])CC1)N2. The number of anilines is 1. The van der Waals surface area contributed by atoms with Gasteiger partial charge in [-0.25, -0.2) is 22.0 Å². The number of amides is 1. The van der Waals surface area contributed by atoms with Gasteiger partial charge in [0, 0.05) is 25.9 Å². The molecule has 1 fully saturated rings. The maximum atomic E-state index is 12.9. The first kappa shape index (κ1) is 26.3. The Labute approximate surface area is 198 Å². The first-order chi connectivity index (χ1) is 16.1. The Morgan fingerprint density at radius 3 is 2.43 bits per heavy atom. The van der Waals surface area contributed by atoms with Gasteiger partial charge in [0.15, 0.2) is 0 Å². The van der Waals surface area contributed by atoms with Gasteiger partial charge < -0.3 is 19.9 Å². The highest BCUT2D eigenvalue weighted by Crippen LogP contribution is 2.37. The third-order valence-corrected chi connectivity index (χ3v) is 8.18. The second kappa shape index (κ2) is 9.40. The molecule has 19 heteroatoms. The van der Waals surface area contributed by atoms with Crippen LogP contribution >= 0.6 is 0 Å². The molecule has 17 nitrogen and oxygen atoms in total. The van der Waals surface area contributed by atoms with Crippen molar-refractivity contribution in [3.05, 3.63) is 37.9 Å². The van der Waals surface area contributed by atoms with Crippen LogP contribution < -0.4 is 15.2 Å². The minimum Gasteiger partial charge on any atom is -0.365 e. The number of likely N-dealkylation sites (tertiary alicyclic amines) is 1. The van der Waals surface area contributed by atoms with Crippen LogP contribution in [0.25, 0.3) is 0 Å². The summed E-state index contributed by atoms with van der Waals surface area (Å²) in [6, 6.07) is 2.34. The number of nitrogens with zero attached hydrogens (tertiary/aromatic N) is 3. The Kier molecular flexibility index (Phi) is 7.07. The number of sulfonamides is 2. The van der Waals surface area contributed by atoms with Crippen molar-refractivity contribution in [1.29, 1.82) is 0 Å². The molecule has 0 saturated carbocycles. The number of carbonyl (C=O) groups is 1.